The first-order chi connectivity index (χ1) is 10.7. The van der Waals surface area contributed by atoms with Crippen molar-refractivity contribution in [1.29, 1.82) is 0 Å². The van der Waals surface area contributed by atoms with Crippen molar-refractivity contribution in [1.82, 2.24) is 10.6 Å². The molecule has 0 saturated carbocycles. The molecule has 0 unspecified atom stereocenters. The molecule has 0 bridgehead atoms. The fourth-order valence-electron chi connectivity index (χ4n) is 2.47. The van der Waals surface area contributed by atoms with E-state index in [0.29, 0.717) is 0 Å². The van der Waals surface area contributed by atoms with E-state index < -0.39 is 35.9 Å². The molecule has 9 heteroatoms. The standard InChI is InChI=1S/C14H15F3N2O4/c1-2-23-11(20)9-10(8-6-4-3-5-7-8)18-12(21)19-13(9,22)14(15,16)17/h3-7,9-10,22H,2H2,1H3,(H2,18,19,21)/t9-,10-,13+/m0/s1. The van der Waals surface area contributed by atoms with Gasteiger partial charge in [-0.3, -0.25) is 4.79 Å². The molecule has 2 rings (SSSR count). The average molecular weight is 332 g/mol. The van der Waals surface area contributed by atoms with E-state index in [1.165, 1.54) is 24.4 Å². The lowest BCUT2D eigenvalue weighted by Crippen LogP contribution is -2.73. The summed E-state index contributed by atoms with van der Waals surface area (Å²) in [5.74, 6) is -3.36. The molecule has 3 N–H and O–H groups in total. The Morgan fingerprint density at radius 3 is 2.48 bits per heavy atom. The highest BCUT2D eigenvalue weighted by atomic mass is 19.4. The number of carbonyl (C=O) groups excluding carboxylic acids is 2. The Hall–Kier alpha value is -2.29. The summed E-state index contributed by atoms with van der Waals surface area (Å²) in [6.45, 7) is 1.26. The largest absolute Gasteiger partial charge is 0.466 e. The first kappa shape index (κ1) is 17.1. The zero-order valence-corrected chi connectivity index (χ0v) is 12.1. The first-order valence-corrected chi connectivity index (χ1v) is 6.80. The second kappa shape index (κ2) is 6.07. The van der Waals surface area contributed by atoms with Crippen molar-refractivity contribution in [2.75, 3.05) is 6.61 Å². The molecule has 1 aliphatic rings. The van der Waals surface area contributed by atoms with Crippen molar-refractivity contribution in [3.05, 3.63) is 35.9 Å². The van der Waals surface area contributed by atoms with Crippen molar-refractivity contribution in [2.24, 2.45) is 5.92 Å². The highest BCUT2D eigenvalue weighted by Gasteiger charge is 2.67. The third-order valence-electron chi connectivity index (χ3n) is 3.51. The Bertz CT molecular complexity index is 593. The summed E-state index contributed by atoms with van der Waals surface area (Å²) in [6.07, 6.45) is -5.27. The Balaban J connectivity index is 2.54. The molecule has 1 saturated heterocycles. The molecule has 23 heavy (non-hydrogen) atoms. The quantitative estimate of drug-likeness (QED) is 0.732. The van der Waals surface area contributed by atoms with Gasteiger partial charge in [-0.1, -0.05) is 30.3 Å². The summed E-state index contributed by atoms with van der Waals surface area (Å²) in [5, 5.41) is 13.7. The number of benzene rings is 1. The summed E-state index contributed by atoms with van der Waals surface area (Å²) < 4.78 is 44.7. The summed E-state index contributed by atoms with van der Waals surface area (Å²) in [5.41, 5.74) is -3.50. The van der Waals surface area contributed by atoms with Crippen LogP contribution in [0.1, 0.15) is 18.5 Å². The highest BCUT2D eigenvalue weighted by molar-refractivity contribution is 5.83. The zero-order chi connectivity index (χ0) is 17.3. The zero-order valence-electron chi connectivity index (χ0n) is 12.1. The number of rotatable bonds is 3. The molecule has 6 nitrogen and oxygen atoms in total. The summed E-state index contributed by atoms with van der Waals surface area (Å²) >= 11 is 0. The predicted molar refractivity (Wildman–Crippen MR) is 72.0 cm³/mol. The van der Waals surface area contributed by atoms with Gasteiger partial charge in [0.05, 0.1) is 12.6 Å². The van der Waals surface area contributed by atoms with Gasteiger partial charge in [0, 0.05) is 0 Å². The molecule has 0 spiro atoms. The number of aliphatic hydroxyl groups is 1. The van der Waals surface area contributed by atoms with Gasteiger partial charge in [-0.25, -0.2) is 4.79 Å². The Morgan fingerprint density at radius 1 is 1.35 bits per heavy atom. The summed E-state index contributed by atoms with van der Waals surface area (Å²) in [7, 11) is 0. The number of halogens is 3. The minimum atomic E-state index is -5.27. The number of amides is 2. The van der Waals surface area contributed by atoms with Crippen LogP contribution in [0.4, 0.5) is 18.0 Å². The van der Waals surface area contributed by atoms with Gasteiger partial charge in [0.15, 0.2) is 0 Å². The van der Waals surface area contributed by atoms with Crippen molar-refractivity contribution in [3.8, 4) is 0 Å². The number of hydrogen-bond donors (Lipinski definition) is 3. The van der Waals surface area contributed by atoms with Crippen LogP contribution >= 0.6 is 0 Å². The molecular formula is C14H15F3N2O4. The van der Waals surface area contributed by atoms with Gasteiger partial charge in [-0.2, -0.15) is 13.2 Å². The molecule has 0 aliphatic carbocycles. The molecule has 2 amide bonds. The number of esters is 1. The number of carbonyl (C=O) groups is 2. The Morgan fingerprint density at radius 2 is 1.96 bits per heavy atom. The smallest absolute Gasteiger partial charge is 0.437 e. The van der Waals surface area contributed by atoms with Crippen LogP contribution < -0.4 is 10.6 Å². The summed E-state index contributed by atoms with van der Waals surface area (Å²) in [4.78, 5) is 23.7. The molecule has 1 fully saturated rings. The lowest BCUT2D eigenvalue weighted by Gasteiger charge is -2.44. The summed E-state index contributed by atoms with van der Waals surface area (Å²) in [6, 6.07) is 4.96. The number of urea groups is 1. The van der Waals surface area contributed by atoms with Crippen molar-refractivity contribution in [3.63, 3.8) is 0 Å². The van der Waals surface area contributed by atoms with Crippen molar-refractivity contribution in [2.45, 2.75) is 24.9 Å². The van der Waals surface area contributed by atoms with E-state index in [1.807, 2.05) is 0 Å². The van der Waals surface area contributed by atoms with E-state index in [4.69, 9.17) is 0 Å². The number of ether oxygens (including phenoxy) is 1. The molecule has 1 aromatic carbocycles. The third kappa shape index (κ3) is 3.09. The Labute approximate surface area is 129 Å². The van der Waals surface area contributed by atoms with E-state index in [9.17, 15) is 27.9 Å². The van der Waals surface area contributed by atoms with Crippen molar-refractivity contribution < 1.29 is 32.6 Å². The van der Waals surface area contributed by atoms with Crippen LogP contribution in [0, 0.1) is 5.92 Å². The van der Waals surface area contributed by atoms with E-state index in [2.05, 4.69) is 10.1 Å². The Kier molecular flexibility index (Phi) is 4.51. The normalized spacial score (nSPS) is 27.8. The SMILES string of the molecule is CCOC(=O)[C@@H]1[C@H](c2ccccc2)NC(=O)N[C@]1(O)C(F)(F)F. The van der Waals surface area contributed by atoms with Gasteiger partial charge in [-0.05, 0) is 12.5 Å². The fraction of sp³-hybridized carbons (Fsp3) is 0.429. The van der Waals surface area contributed by atoms with Gasteiger partial charge >= 0.3 is 18.2 Å². The maximum atomic E-state index is 13.3. The van der Waals surface area contributed by atoms with E-state index in [0.717, 1.165) is 0 Å². The third-order valence-corrected chi connectivity index (χ3v) is 3.51. The molecule has 3 atom stereocenters. The second-order valence-corrected chi connectivity index (χ2v) is 4.98. The topological polar surface area (TPSA) is 87.7 Å². The van der Waals surface area contributed by atoms with Gasteiger partial charge < -0.3 is 20.5 Å². The maximum Gasteiger partial charge on any atom is 0.437 e. The van der Waals surface area contributed by atoms with Gasteiger partial charge in [0.25, 0.3) is 5.72 Å². The number of hydrogen-bond acceptors (Lipinski definition) is 4. The molecule has 1 aromatic rings. The number of nitrogens with one attached hydrogen (secondary N) is 2. The minimum Gasteiger partial charge on any atom is -0.466 e. The highest BCUT2D eigenvalue weighted by Crippen LogP contribution is 2.42. The fourth-order valence-corrected chi connectivity index (χ4v) is 2.47. The molecule has 0 radical (unpaired) electrons. The molecule has 0 aromatic heterocycles. The second-order valence-electron chi connectivity index (χ2n) is 4.98. The van der Waals surface area contributed by atoms with Crippen LogP contribution in [0.25, 0.3) is 0 Å². The minimum absolute atomic E-state index is 0.168. The molecule has 1 aliphatic heterocycles. The van der Waals surface area contributed by atoms with E-state index >= 15 is 0 Å². The molecule has 1 heterocycles. The van der Waals surface area contributed by atoms with Crippen LogP contribution in [0.3, 0.4) is 0 Å². The average Bonchev–Trinajstić information content (AvgIpc) is 2.46. The predicted octanol–water partition coefficient (Wildman–Crippen LogP) is 1.47. The van der Waals surface area contributed by atoms with Gasteiger partial charge in [-0.15, -0.1) is 0 Å². The van der Waals surface area contributed by atoms with E-state index in [-0.39, 0.29) is 12.2 Å². The first-order valence-electron chi connectivity index (χ1n) is 6.80. The lowest BCUT2D eigenvalue weighted by molar-refractivity contribution is -0.294. The van der Waals surface area contributed by atoms with Crippen LogP contribution in [-0.2, 0) is 9.53 Å². The van der Waals surface area contributed by atoms with Gasteiger partial charge in [0.2, 0.25) is 0 Å². The van der Waals surface area contributed by atoms with Crippen molar-refractivity contribution >= 4 is 12.0 Å². The van der Waals surface area contributed by atoms with E-state index in [1.54, 1.807) is 18.2 Å². The number of alkyl halides is 3. The monoisotopic (exact) mass is 332 g/mol. The lowest BCUT2D eigenvalue weighted by atomic mass is 9.82. The van der Waals surface area contributed by atoms with Crippen LogP contribution in [0.2, 0.25) is 0 Å². The van der Waals surface area contributed by atoms with Crippen LogP contribution in [0.5, 0.6) is 0 Å². The van der Waals surface area contributed by atoms with Crippen LogP contribution in [-0.4, -0.2) is 35.6 Å². The van der Waals surface area contributed by atoms with Crippen LogP contribution in [0.15, 0.2) is 30.3 Å². The maximum absolute atomic E-state index is 13.3. The molecule has 126 valence electrons. The molecular weight excluding hydrogens is 317 g/mol. The van der Waals surface area contributed by atoms with Gasteiger partial charge in [0.1, 0.15) is 5.92 Å².